The maximum Gasteiger partial charge on any atom is 0.295 e. The highest BCUT2D eigenvalue weighted by atomic mass is 16.5. The van der Waals surface area contributed by atoms with Gasteiger partial charge in [-0.2, -0.15) is 0 Å². The van der Waals surface area contributed by atoms with Crippen LogP contribution in [0.15, 0.2) is 54.1 Å². The van der Waals surface area contributed by atoms with Gasteiger partial charge in [-0.1, -0.05) is 24.3 Å². The molecule has 0 saturated carbocycles. The topological polar surface area (TPSA) is 85.3 Å². The number of amides is 1. The summed E-state index contributed by atoms with van der Waals surface area (Å²) in [5.74, 6) is -0.615. The van der Waals surface area contributed by atoms with Gasteiger partial charge in [0.1, 0.15) is 17.3 Å². The van der Waals surface area contributed by atoms with Gasteiger partial charge in [-0.3, -0.25) is 9.59 Å². The van der Waals surface area contributed by atoms with E-state index < -0.39 is 17.7 Å². The number of aliphatic hydroxyl groups excluding tert-OH is 1. The van der Waals surface area contributed by atoms with Crippen LogP contribution in [0.25, 0.3) is 5.76 Å². The maximum atomic E-state index is 13.0. The molecule has 7 nitrogen and oxygen atoms in total. The Hall–Kier alpha value is -3.32. The van der Waals surface area contributed by atoms with Gasteiger partial charge in [0, 0.05) is 20.3 Å². The van der Waals surface area contributed by atoms with Gasteiger partial charge in [-0.15, -0.1) is 0 Å². The Morgan fingerprint density at radius 1 is 1.10 bits per heavy atom. The number of hydrogen-bond donors (Lipinski definition) is 1. The van der Waals surface area contributed by atoms with Crippen molar-refractivity contribution >= 4 is 17.4 Å². The monoisotopic (exact) mass is 425 g/mol. The molecule has 1 unspecified atom stereocenters. The molecule has 164 valence electrons. The fourth-order valence-corrected chi connectivity index (χ4v) is 3.76. The number of likely N-dealkylation sites (tertiary alicyclic amines) is 1. The fraction of sp³-hybridized carbons (Fsp3) is 0.333. The third-order valence-electron chi connectivity index (χ3n) is 5.13. The van der Waals surface area contributed by atoms with Crippen LogP contribution < -0.4 is 9.47 Å². The smallest absolute Gasteiger partial charge is 0.295 e. The van der Waals surface area contributed by atoms with Crippen LogP contribution in [0.4, 0.5) is 0 Å². The van der Waals surface area contributed by atoms with E-state index in [-0.39, 0.29) is 11.3 Å². The van der Waals surface area contributed by atoms with Crippen molar-refractivity contribution in [3.8, 4) is 11.5 Å². The standard InChI is InChI=1S/C24H27NO6/c1-4-31-17-10-7-9-16(15-17)21-20(22(26)18-11-5-6-12-19(18)30-3)23(27)24(28)25(21)13-8-14-29-2/h5-7,9-12,15,21,26H,4,8,13-14H2,1-3H3/b22-20-. The van der Waals surface area contributed by atoms with E-state index in [4.69, 9.17) is 14.2 Å². The normalized spacial score (nSPS) is 17.8. The molecule has 1 N–H and O–H groups in total. The van der Waals surface area contributed by atoms with Gasteiger partial charge < -0.3 is 24.2 Å². The molecule has 31 heavy (non-hydrogen) atoms. The molecule has 1 amide bonds. The summed E-state index contributed by atoms with van der Waals surface area (Å²) in [5, 5.41) is 11.2. The van der Waals surface area contributed by atoms with Crippen LogP contribution in [0.3, 0.4) is 0 Å². The number of ketones is 1. The van der Waals surface area contributed by atoms with E-state index in [0.717, 1.165) is 0 Å². The number of rotatable bonds is 9. The zero-order valence-corrected chi connectivity index (χ0v) is 18.0. The van der Waals surface area contributed by atoms with Crippen LogP contribution in [0.2, 0.25) is 0 Å². The molecule has 0 aromatic heterocycles. The number of hydrogen-bond acceptors (Lipinski definition) is 6. The van der Waals surface area contributed by atoms with Crippen molar-refractivity contribution in [1.82, 2.24) is 4.90 Å². The van der Waals surface area contributed by atoms with Crippen molar-refractivity contribution < 1.29 is 28.9 Å². The summed E-state index contributed by atoms with van der Waals surface area (Å²) in [7, 11) is 3.07. The maximum absolute atomic E-state index is 13.0. The van der Waals surface area contributed by atoms with E-state index in [1.165, 1.54) is 12.0 Å². The van der Waals surface area contributed by atoms with Crippen LogP contribution in [0, 0.1) is 0 Å². The summed E-state index contributed by atoms with van der Waals surface area (Å²) in [6.07, 6.45) is 0.555. The molecule has 0 spiro atoms. The average molecular weight is 425 g/mol. The molecule has 1 heterocycles. The second-order valence-electron chi connectivity index (χ2n) is 7.04. The van der Waals surface area contributed by atoms with Gasteiger partial charge in [0.05, 0.1) is 30.9 Å². The Morgan fingerprint density at radius 2 is 1.87 bits per heavy atom. The largest absolute Gasteiger partial charge is 0.507 e. The summed E-state index contributed by atoms with van der Waals surface area (Å²) in [5.41, 5.74) is 1.06. The lowest BCUT2D eigenvalue weighted by atomic mass is 9.95. The molecule has 2 aromatic carbocycles. The van der Waals surface area contributed by atoms with Crippen molar-refractivity contribution in [2.45, 2.75) is 19.4 Å². The SMILES string of the molecule is CCOc1cccc(C2/C(=C(/O)c3ccccc3OC)C(=O)C(=O)N2CCCOC)c1. The summed E-state index contributed by atoms with van der Waals surface area (Å²) < 4.78 is 16.1. The lowest BCUT2D eigenvalue weighted by Gasteiger charge is -2.25. The molecule has 7 heteroatoms. The lowest BCUT2D eigenvalue weighted by Crippen LogP contribution is -2.31. The number of Topliss-reactive ketones (excluding diaryl/α,β-unsaturated/α-hetero) is 1. The second kappa shape index (κ2) is 10.1. The van der Waals surface area contributed by atoms with E-state index in [1.807, 2.05) is 19.1 Å². The first kappa shape index (κ1) is 22.4. The summed E-state index contributed by atoms with van der Waals surface area (Å²) >= 11 is 0. The minimum Gasteiger partial charge on any atom is -0.507 e. The zero-order valence-electron chi connectivity index (χ0n) is 18.0. The quantitative estimate of drug-likeness (QED) is 0.286. The number of nitrogens with zero attached hydrogens (tertiary/aromatic N) is 1. The Bertz CT molecular complexity index is 984. The van der Waals surface area contributed by atoms with Crippen LogP contribution in [0.1, 0.15) is 30.5 Å². The summed E-state index contributed by atoms with van der Waals surface area (Å²) in [4.78, 5) is 27.4. The molecule has 0 aliphatic carbocycles. The average Bonchev–Trinajstić information content (AvgIpc) is 3.04. The van der Waals surface area contributed by atoms with Crippen LogP contribution >= 0.6 is 0 Å². The summed E-state index contributed by atoms with van der Waals surface area (Å²) in [6, 6.07) is 13.3. The minimum atomic E-state index is -0.748. The van der Waals surface area contributed by atoms with Crippen LogP contribution in [-0.4, -0.2) is 55.7 Å². The van der Waals surface area contributed by atoms with Crippen molar-refractivity contribution in [1.29, 1.82) is 0 Å². The first-order valence-corrected chi connectivity index (χ1v) is 10.2. The number of benzene rings is 2. The van der Waals surface area contributed by atoms with Crippen LogP contribution in [-0.2, 0) is 14.3 Å². The zero-order chi connectivity index (χ0) is 22.4. The van der Waals surface area contributed by atoms with E-state index in [1.54, 1.807) is 43.5 Å². The van der Waals surface area contributed by atoms with Crippen LogP contribution in [0.5, 0.6) is 11.5 Å². The molecular formula is C24H27NO6. The predicted octanol–water partition coefficient (Wildman–Crippen LogP) is 3.55. The molecule has 0 radical (unpaired) electrons. The number of para-hydroxylation sites is 1. The molecular weight excluding hydrogens is 398 g/mol. The van der Waals surface area contributed by atoms with E-state index in [0.29, 0.717) is 48.8 Å². The molecule has 1 fully saturated rings. The van der Waals surface area contributed by atoms with Crippen molar-refractivity contribution in [3.05, 3.63) is 65.2 Å². The second-order valence-corrected chi connectivity index (χ2v) is 7.04. The molecule has 1 atom stereocenters. The molecule has 1 aliphatic heterocycles. The first-order chi connectivity index (χ1) is 15.0. The number of ether oxygens (including phenoxy) is 3. The van der Waals surface area contributed by atoms with Gasteiger partial charge in [-0.05, 0) is 43.2 Å². The fourth-order valence-electron chi connectivity index (χ4n) is 3.76. The van der Waals surface area contributed by atoms with Crippen molar-refractivity contribution in [3.63, 3.8) is 0 Å². The molecule has 2 aromatic rings. The first-order valence-electron chi connectivity index (χ1n) is 10.2. The number of aliphatic hydroxyl groups is 1. The van der Waals surface area contributed by atoms with E-state index in [9.17, 15) is 14.7 Å². The minimum absolute atomic E-state index is 0.0283. The highest BCUT2D eigenvalue weighted by molar-refractivity contribution is 6.46. The van der Waals surface area contributed by atoms with E-state index >= 15 is 0 Å². The molecule has 0 bridgehead atoms. The van der Waals surface area contributed by atoms with E-state index in [2.05, 4.69) is 0 Å². The molecule has 3 rings (SSSR count). The number of methoxy groups -OCH3 is 2. The van der Waals surface area contributed by atoms with Gasteiger partial charge in [0.2, 0.25) is 0 Å². The highest BCUT2D eigenvalue weighted by Crippen LogP contribution is 2.41. The van der Waals surface area contributed by atoms with Crippen molar-refractivity contribution in [2.75, 3.05) is 34.0 Å². The molecule has 1 saturated heterocycles. The molecule has 1 aliphatic rings. The Kier molecular flexibility index (Phi) is 7.31. The van der Waals surface area contributed by atoms with Gasteiger partial charge >= 0.3 is 0 Å². The lowest BCUT2D eigenvalue weighted by molar-refractivity contribution is -0.140. The van der Waals surface area contributed by atoms with Gasteiger partial charge in [0.25, 0.3) is 11.7 Å². The number of carbonyl (C=O) groups is 2. The van der Waals surface area contributed by atoms with Crippen molar-refractivity contribution in [2.24, 2.45) is 0 Å². The highest BCUT2D eigenvalue weighted by Gasteiger charge is 2.46. The Morgan fingerprint density at radius 3 is 2.58 bits per heavy atom. The van der Waals surface area contributed by atoms with Gasteiger partial charge in [-0.25, -0.2) is 0 Å². The third kappa shape index (κ3) is 4.56. The third-order valence-corrected chi connectivity index (χ3v) is 5.13. The Labute approximate surface area is 181 Å². The van der Waals surface area contributed by atoms with Gasteiger partial charge in [0.15, 0.2) is 0 Å². The summed E-state index contributed by atoms with van der Waals surface area (Å²) in [6.45, 7) is 3.12. The Balaban J connectivity index is 2.16. The number of carbonyl (C=O) groups excluding carboxylic acids is 2. The predicted molar refractivity (Wildman–Crippen MR) is 116 cm³/mol.